The maximum Gasteiger partial charge on any atom is 0.322 e. The third kappa shape index (κ3) is 8.56. The molecule has 18 heteroatoms. The molecule has 43 heavy (non-hydrogen) atoms. The number of aliphatic hydroxyl groups excluding tert-OH is 7. The number of carbonyl (C=O) groups is 2. The zero-order valence-corrected chi connectivity index (χ0v) is 24.2. The zero-order valence-electron chi connectivity index (χ0n) is 24.2. The third-order valence-electron chi connectivity index (χ3n) is 7.57. The summed E-state index contributed by atoms with van der Waals surface area (Å²) in [6, 6.07) is -2.52. The van der Waals surface area contributed by atoms with Crippen molar-refractivity contribution >= 4 is 11.9 Å². The Morgan fingerprint density at radius 1 is 0.767 bits per heavy atom. The van der Waals surface area contributed by atoms with E-state index in [1.165, 1.54) is 27.7 Å². The summed E-state index contributed by atoms with van der Waals surface area (Å²) in [5.41, 5.74) is 5.48. The van der Waals surface area contributed by atoms with Crippen LogP contribution in [0.4, 0.5) is 0 Å². The second kappa shape index (κ2) is 15.1. The summed E-state index contributed by atoms with van der Waals surface area (Å²) in [5.74, 6) is -1.96. The van der Waals surface area contributed by atoms with Gasteiger partial charge in [-0.05, 0) is 27.7 Å². The molecule has 17 unspecified atom stereocenters. The highest BCUT2D eigenvalue weighted by Crippen LogP contribution is 2.32. The van der Waals surface area contributed by atoms with Crippen LogP contribution in [0.5, 0.6) is 0 Å². The van der Waals surface area contributed by atoms with Crippen molar-refractivity contribution in [1.82, 2.24) is 5.32 Å². The molecule has 0 aromatic heterocycles. The Balaban J connectivity index is 1.72. The number of carbonyl (C=O) groups excluding carboxylic acids is 1. The molecule has 0 saturated carbocycles. The lowest BCUT2D eigenvalue weighted by Gasteiger charge is -2.48. The largest absolute Gasteiger partial charge is 0.480 e. The summed E-state index contributed by atoms with van der Waals surface area (Å²) in [4.78, 5) is 23.2. The van der Waals surface area contributed by atoms with Gasteiger partial charge in [-0.3, -0.25) is 9.59 Å². The second-order valence-corrected chi connectivity index (χ2v) is 11.2. The molecule has 3 rings (SSSR count). The summed E-state index contributed by atoms with van der Waals surface area (Å²) in [6.07, 6.45) is -21.8. The van der Waals surface area contributed by atoms with Crippen LogP contribution in [0.3, 0.4) is 0 Å². The van der Waals surface area contributed by atoms with E-state index >= 15 is 0 Å². The molecule has 0 radical (unpaired) electrons. The Morgan fingerprint density at radius 2 is 1.30 bits per heavy atom. The van der Waals surface area contributed by atoms with Crippen molar-refractivity contribution in [2.24, 2.45) is 5.73 Å². The van der Waals surface area contributed by atoms with Crippen LogP contribution in [0.2, 0.25) is 0 Å². The molecule has 250 valence electrons. The maximum atomic E-state index is 12.1. The number of amides is 1. The topological polar surface area (TPSA) is 289 Å². The fourth-order valence-electron chi connectivity index (χ4n) is 4.99. The highest BCUT2D eigenvalue weighted by atomic mass is 16.8. The van der Waals surface area contributed by atoms with Gasteiger partial charge in [0.25, 0.3) is 0 Å². The van der Waals surface area contributed by atoms with Gasteiger partial charge in [-0.2, -0.15) is 0 Å². The Morgan fingerprint density at radius 3 is 1.91 bits per heavy atom. The molecule has 0 spiro atoms. The van der Waals surface area contributed by atoms with Crippen LogP contribution in [0, 0.1) is 0 Å². The summed E-state index contributed by atoms with van der Waals surface area (Å²) in [6.45, 7) is 5.18. The minimum atomic E-state index is -1.82. The second-order valence-electron chi connectivity index (χ2n) is 11.2. The lowest BCUT2D eigenvalue weighted by atomic mass is 9.95. The van der Waals surface area contributed by atoms with Crippen LogP contribution in [-0.4, -0.2) is 164 Å². The van der Waals surface area contributed by atoms with Gasteiger partial charge < -0.3 is 80.3 Å². The molecule has 3 heterocycles. The van der Waals surface area contributed by atoms with Gasteiger partial charge in [-0.25, -0.2) is 0 Å². The van der Waals surface area contributed by atoms with E-state index in [0.717, 1.165) is 0 Å². The number of carboxylic acid groups (broad SMARTS) is 1. The Hall–Kier alpha value is -1.62. The number of hydrogen-bond acceptors (Lipinski definition) is 16. The van der Waals surface area contributed by atoms with Gasteiger partial charge in [0.15, 0.2) is 18.9 Å². The molecule has 3 aliphatic rings. The number of ether oxygens (including phenoxy) is 6. The van der Waals surface area contributed by atoms with Gasteiger partial charge in [0, 0.05) is 0 Å². The van der Waals surface area contributed by atoms with E-state index < -0.39 is 123 Å². The fourth-order valence-corrected chi connectivity index (χ4v) is 4.99. The first-order valence-electron chi connectivity index (χ1n) is 14.0. The Kier molecular flexibility index (Phi) is 12.6. The summed E-state index contributed by atoms with van der Waals surface area (Å²) < 4.78 is 33.6. The fraction of sp³-hybridized carbons (Fsp3) is 0.920. The van der Waals surface area contributed by atoms with Crippen molar-refractivity contribution in [3.63, 3.8) is 0 Å². The molecule has 0 aromatic rings. The van der Waals surface area contributed by atoms with Crippen LogP contribution >= 0.6 is 0 Å². The van der Waals surface area contributed by atoms with E-state index in [4.69, 9.17) is 39.3 Å². The average molecular weight is 629 g/mol. The number of aliphatic hydroxyl groups is 7. The first-order valence-corrected chi connectivity index (χ1v) is 14.0. The predicted octanol–water partition coefficient (Wildman–Crippen LogP) is -5.16. The number of nitrogens with two attached hydrogens (primary N) is 1. The van der Waals surface area contributed by atoms with E-state index in [-0.39, 0.29) is 6.42 Å². The first-order chi connectivity index (χ1) is 20.0. The van der Waals surface area contributed by atoms with Gasteiger partial charge in [0.1, 0.15) is 54.9 Å². The summed E-state index contributed by atoms with van der Waals surface area (Å²) in [5, 5.41) is 85.3. The molecular weight excluding hydrogens is 584 g/mol. The molecule has 3 saturated heterocycles. The minimum Gasteiger partial charge on any atom is -0.480 e. The lowest BCUT2D eigenvalue weighted by Crippen LogP contribution is -2.67. The normalized spacial score (nSPS) is 45.3. The molecule has 0 aliphatic carbocycles. The van der Waals surface area contributed by atoms with Gasteiger partial charge in [-0.15, -0.1) is 0 Å². The van der Waals surface area contributed by atoms with E-state index in [1.54, 1.807) is 0 Å². The van der Waals surface area contributed by atoms with Crippen LogP contribution in [0.25, 0.3) is 0 Å². The van der Waals surface area contributed by atoms with Gasteiger partial charge in [0.2, 0.25) is 5.91 Å². The van der Waals surface area contributed by atoms with Crippen LogP contribution in [0.15, 0.2) is 0 Å². The van der Waals surface area contributed by atoms with Gasteiger partial charge >= 0.3 is 5.97 Å². The molecule has 0 bridgehead atoms. The summed E-state index contributed by atoms with van der Waals surface area (Å²) in [7, 11) is 0. The van der Waals surface area contributed by atoms with E-state index in [2.05, 4.69) is 5.32 Å². The Bertz CT molecular complexity index is 930. The molecule has 3 aliphatic heterocycles. The first kappa shape index (κ1) is 35.9. The number of nitrogens with one attached hydrogen (secondary N) is 1. The molecule has 18 nitrogen and oxygen atoms in total. The minimum absolute atomic E-state index is 0.249. The number of carboxylic acids is 1. The van der Waals surface area contributed by atoms with Crippen molar-refractivity contribution < 1.29 is 78.9 Å². The van der Waals surface area contributed by atoms with E-state index in [1.807, 2.05) is 0 Å². The van der Waals surface area contributed by atoms with Crippen molar-refractivity contribution in [2.45, 2.75) is 138 Å². The zero-order chi connectivity index (χ0) is 32.3. The quantitative estimate of drug-likeness (QED) is 0.102. The van der Waals surface area contributed by atoms with E-state index in [0.29, 0.717) is 0 Å². The maximum absolute atomic E-state index is 12.1. The van der Waals surface area contributed by atoms with Crippen molar-refractivity contribution in [3.8, 4) is 0 Å². The van der Waals surface area contributed by atoms with E-state index in [9.17, 15) is 45.3 Å². The number of hydrogen-bond donors (Lipinski definition) is 10. The molecule has 0 aromatic carbocycles. The molecule has 3 fully saturated rings. The van der Waals surface area contributed by atoms with Crippen LogP contribution < -0.4 is 11.1 Å². The van der Waals surface area contributed by atoms with Crippen LogP contribution in [-0.2, 0) is 38.0 Å². The smallest absolute Gasteiger partial charge is 0.322 e. The lowest BCUT2D eigenvalue weighted by molar-refractivity contribution is -0.378. The molecular formula is C25H44N2O16. The number of aliphatic carboxylic acids is 1. The molecule has 11 N–H and O–H groups in total. The van der Waals surface area contributed by atoms with Gasteiger partial charge in [-0.1, -0.05) is 0 Å². The van der Waals surface area contributed by atoms with Crippen molar-refractivity contribution in [3.05, 3.63) is 0 Å². The SMILES string of the molecule is CC(O)CC(=O)NC1C(C)OC(OC2C(O)C(C)OC(OC3C(OCC(N)C(=O)O)OC(C)C(O)C3O)C2O)C(O)C1O. The standard InChI is InChI=1S/C25H44N2O16/c1-7(28)5-12(29)27-13-8(2)39-23(18(34)16(13)32)42-20-15(31)10(4)40-24(19(20)35)43-21-17(33)14(30)9(3)41-25(21)38-6-11(26)22(36)37/h7-11,13-21,23-25,28,30-35H,5-6,26H2,1-4H3,(H,27,29)(H,36,37). The Labute approximate surface area is 247 Å². The summed E-state index contributed by atoms with van der Waals surface area (Å²) >= 11 is 0. The van der Waals surface area contributed by atoms with Crippen molar-refractivity contribution in [2.75, 3.05) is 6.61 Å². The highest BCUT2D eigenvalue weighted by Gasteiger charge is 2.53. The third-order valence-corrected chi connectivity index (χ3v) is 7.57. The molecule has 1 amide bonds. The average Bonchev–Trinajstić information content (AvgIpc) is 2.93. The van der Waals surface area contributed by atoms with Crippen molar-refractivity contribution in [1.29, 1.82) is 0 Å². The van der Waals surface area contributed by atoms with Gasteiger partial charge in [0.05, 0.1) is 43.5 Å². The number of rotatable bonds is 11. The molecule has 17 atom stereocenters. The van der Waals surface area contributed by atoms with Crippen LogP contribution in [0.1, 0.15) is 34.1 Å². The highest BCUT2D eigenvalue weighted by molar-refractivity contribution is 5.76. The monoisotopic (exact) mass is 628 g/mol. The predicted molar refractivity (Wildman–Crippen MR) is 139 cm³/mol.